The molecule has 0 aromatic heterocycles. The number of hydrogen-bond donors (Lipinski definition) is 0. The third-order valence-corrected chi connectivity index (χ3v) is 3.59. The fourth-order valence-electron chi connectivity index (χ4n) is 1.22. The van der Waals surface area contributed by atoms with Crippen molar-refractivity contribution in [2.45, 2.75) is 0 Å². The van der Waals surface area contributed by atoms with E-state index >= 15 is 0 Å². The van der Waals surface area contributed by atoms with Gasteiger partial charge in [0.15, 0.2) is 17.4 Å². The van der Waals surface area contributed by atoms with Crippen LogP contribution in [0.1, 0.15) is 0 Å². The predicted octanol–water partition coefficient (Wildman–Crippen LogP) is 4.97. The van der Waals surface area contributed by atoms with Crippen molar-refractivity contribution in [3.63, 3.8) is 0 Å². The van der Waals surface area contributed by atoms with E-state index in [0.717, 1.165) is 3.57 Å². The summed E-state index contributed by atoms with van der Waals surface area (Å²) < 4.78 is 33.6. The minimum Gasteiger partial charge on any atom is -0.451 e. The topological polar surface area (TPSA) is 9.23 Å². The van der Waals surface area contributed by atoms with Gasteiger partial charge in [0, 0.05) is 3.57 Å². The Morgan fingerprint density at radius 2 is 1.53 bits per heavy atom. The van der Waals surface area contributed by atoms with Gasteiger partial charge in [-0.1, -0.05) is 0 Å². The fourth-order valence-corrected chi connectivity index (χ4v) is 2.01. The van der Waals surface area contributed by atoms with Crippen LogP contribution < -0.4 is 4.74 Å². The Hall–Kier alpha value is -0.440. The van der Waals surface area contributed by atoms with E-state index in [1.165, 1.54) is 12.1 Å². The van der Waals surface area contributed by atoms with Crippen LogP contribution in [-0.4, -0.2) is 0 Å². The SMILES string of the molecule is Fc1ccc(I)c(F)c1Oc1ccc(I)cc1. The van der Waals surface area contributed by atoms with Crippen molar-refractivity contribution in [1.29, 1.82) is 0 Å². The van der Waals surface area contributed by atoms with Gasteiger partial charge in [0.1, 0.15) is 5.75 Å². The zero-order chi connectivity index (χ0) is 12.4. The summed E-state index contributed by atoms with van der Waals surface area (Å²) in [4.78, 5) is 0. The summed E-state index contributed by atoms with van der Waals surface area (Å²) >= 11 is 3.93. The largest absolute Gasteiger partial charge is 0.451 e. The van der Waals surface area contributed by atoms with Crippen LogP contribution >= 0.6 is 45.2 Å². The van der Waals surface area contributed by atoms with Crippen LogP contribution in [0.3, 0.4) is 0 Å². The lowest BCUT2D eigenvalue weighted by Gasteiger charge is -2.08. The Morgan fingerprint density at radius 1 is 0.882 bits per heavy atom. The molecule has 88 valence electrons. The first-order valence-electron chi connectivity index (χ1n) is 4.65. The Morgan fingerprint density at radius 3 is 2.18 bits per heavy atom. The second-order valence-corrected chi connectivity index (χ2v) is 5.64. The average molecular weight is 458 g/mol. The number of halogens is 4. The standard InChI is InChI=1S/C12H6F2I2O/c13-9-5-6-10(16)11(14)12(9)17-8-3-1-7(15)2-4-8/h1-6H. The van der Waals surface area contributed by atoms with Crippen LogP contribution in [0, 0.1) is 18.8 Å². The maximum Gasteiger partial charge on any atom is 0.199 e. The van der Waals surface area contributed by atoms with Crippen molar-refractivity contribution in [2.75, 3.05) is 0 Å². The quantitative estimate of drug-likeness (QED) is 0.457. The first-order chi connectivity index (χ1) is 8.08. The molecule has 0 aliphatic rings. The number of ether oxygens (including phenoxy) is 1. The third kappa shape index (κ3) is 3.06. The van der Waals surface area contributed by atoms with Crippen LogP contribution in [-0.2, 0) is 0 Å². The molecule has 2 aromatic rings. The van der Waals surface area contributed by atoms with E-state index in [-0.39, 0.29) is 5.75 Å². The molecule has 0 aliphatic carbocycles. The van der Waals surface area contributed by atoms with Crippen LogP contribution in [0.2, 0.25) is 0 Å². The summed E-state index contributed by atoms with van der Waals surface area (Å²) in [6.45, 7) is 0. The van der Waals surface area contributed by atoms with Crippen molar-refractivity contribution in [2.24, 2.45) is 0 Å². The minimum absolute atomic E-state index is 0.324. The molecular weight excluding hydrogens is 452 g/mol. The third-order valence-electron chi connectivity index (χ3n) is 2.04. The molecule has 0 radical (unpaired) electrons. The molecule has 2 rings (SSSR count). The lowest BCUT2D eigenvalue weighted by atomic mass is 10.3. The molecule has 0 bridgehead atoms. The summed E-state index contributed by atoms with van der Waals surface area (Å²) in [5.41, 5.74) is 0. The van der Waals surface area contributed by atoms with Gasteiger partial charge < -0.3 is 4.74 Å². The second kappa shape index (κ2) is 5.47. The van der Waals surface area contributed by atoms with Crippen LogP contribution in [0.15, 0.2) is 36.4 Å². The molecule has 0 fully saturated rings. The van der Waals surface area contributed by atoms with E-state index in [1.54, 1.807) is 46.9 Å². The van der Waals surface area contributed by atoms with Crippen molar-refractivity contribution < 1.29 is 13.5 Å². The van der Waals surface area contributed by atoms with E-state index in [1.807, 2.05) is 0 Å². The predicted molar refractivity (Wildman–Crippen MR) is 78.3 cm³/mol. The zero-order valence-corrected chi connectivity index (χ0v) is 12.7. The molecule has 0 amide bonds. The molecule has 2 aromatic carbocycles. The molecule has 5 heteroatoms. The van der Waals surface area contributed by atoms with E-state index in [9.17, 15) is 8.78 Å². The minimum atomic E-state index is -0.707. The summed E-state index contributed by atoms with van der Waals surface area (Å²) in [6, 6.07) is 9.50. The molecular formula is C12H6F2I2O. The highest BCUT2D eigenvalue weighted by Crippen LogP contribution is 2.30. The maximum atomic E-state index is 13.7. The first kappa shape index (κ1) is 13.0. The maximum absolute atomic E-state index is 13.7. The van der Waals surface area contributed by atoms with Gasteiger partial charge in [0.25, 0.3) is 0 Å². The monoisotopic (exact) mass is 458 g/mol. The summed E-state index contributed by atoms with van der Waals surface area (Å²) in [6.07, 6.45) is 0. The molecule has 0 aliphatic heterocycles. The molecule has 0 saturated carbocycles. The Bertz CT molecular complexity index is 541. The zero-order valence-electron chi connectivity index (χ0n) is 8.38. The first-order valence-corrected chi connectivity index (χ1v) is 6.80. The molecule has 0 saturated heterocycles. The van der Waals surface area contributed by atoms with Crippen LogP contribution in [0.4, 0.5) is 8.78 Å². The molecule has 17 heavy (non-hydrogen) atoms. The Balaban J connectivity index is 2.36. The molecule has 0 atom stereocenters. The molecule has 0 unspecified atom stereocenters. The van der Waals surface area contributed by atoms with Gasteiger partial charge in [-0.25, -0.2) is 8.78 Å². The summed E-state index contributed by atoms with van der Waals surface area (Å²) in [5, 5.41) is 0. The van der Waals surface area contributed by atoms with E-state index in [2.05, 4.69) is 22.6 Å². The normalized spacial score (nSPS) is 10.4. The van der Waals surface area contributed by atoms with Crippen molar-refractivity contribution in [3.05, 3.63) is 55.2 Å². The van der Waals surface area contributed by atoms with Gasteiger partial charge in [0.05, 0.1) is 3.57 Å². The highest BCUT2D eigenvalue weighted by Gasteiger charge is 2.14. The number of benzene rings is 2. The average Bonchev–Trinajstić information content (AvgIpc) is 2.32. The van der Waals surface area contributed by atoms with E-state index in [4.69, 9.17) is 4.74 Å². The van der Waals surface area contributed by atoms with Gasteiger partial charge in [-0.05, 0) is 81.6 Å². The van der Waals surface area contributed by atoms with Gasteiger partial charge in [-0.3, -0.25) is 0 Å². The highest BCUT2D eigenvalue weighted by atomic mass is 127. The van der Waals surface area contributed by atoms with Crippen molar-refractivity contribution in [3.8, 4) is 11.5 Å². The van der Waals surface area contributed by atoms with E-state index < -0.39 is 11.6 Å². The van der Waals surface area contributed by atoms with Gasteiger partial charge in [-0.15, -0.1) is 0 Å². The smallest absolute Gasteiger partial charge is 0.199 e. The second-order valence-electron chi connectivity index (χ2n) is 3.23. The lowest BCUT2D eigenvalue weighted by molar-refractivity contribution is 0.405. The Labute approximate surface area is 124 Å². The number of rotatable bonds is 2. The molecule has 0 spiro atoms. The molecule has 0 N–H and O–H groups in total. The molecule has 1 nitrogen and oxygen atoms in total. The van der Waals surface area contributed by atoms with Gasteiger partial charge in [-0.2, -0.15) is 0 Å². The summed E-state index contributed by atoms with van der Waals surface area (Å²) in [5.74, 6) is -1.34. The fraction of sp³-hybridized carbons (Fsp3) is 0. The van der Waals surface area contributed by atoms with Gasteiger partial charge in [0.2, 0.25) is 0 Å². The van der Waals surface area contributed by atoms with Crippen LogP contribution in [0.5, 0.6) is 11.5 Å². The van der Waals surface area contributed by atoms with Crippen LogP contribution in [0.25, 0.3) is 0 Å². The summed E-state index contributed by atoms with van der Waals surface area (Å²) in [7, 11) is 0. The van der Waals surface area contributed by atoms with E-state index in [0.29, 0.717) is 9.32 Å². The van der Waals surface area contributed by atoms with Crippen molar-refractivity contribution >= 4 is 45.2 Å². The Kier molecular flexibility index (Phi) is 4.18. The highest BCUT2D eigenvalue weighted by molar-refractivity contribution is 14.1. The van der Waals surface area contributed by atoms with Crippen molar-refractivity contribution in [1.82, 2.24) is 0 Å². The lowest BCUT2D eigenvalue weighted by Crippen LogP contribution is -1.94. The molecule has 0 heterocycles. The van der Waals surface area contributed by atoms with Gasteiger partial charge >= 0.3 is 0 Å². The number of hydrogen-bond acceptors (Lipinski definition) is 1.